The van der Waals surface area contributed by atoms with Crippen molar-refractivity contribution in [3.63, 3.8) is 0 Å². The maximum atomic E-state index is 11.9. The lowest BCUT2D eigenvalue weighted by atomic mass is 10.2. The first-order valence-corrected chi connectivity index (χ1v) is 10.3. The van der Waals surface area contributed by atoms with Gasteiger partial charge in [0.2, 0.25) is 0 Å². The van der Waals surface area contributed by atoms with E-state index in [9.17, 15) is 4.79 Å². The molecule has 0 bridgehead atoms. The molecule has 0 atom stereocenters. The van der Waals surface area contributed by atoms with Gasteiger partial charge in [-0.1, -0.05) is 11.8 Å². The van der Waals surface area contributed by atoms with Gasteiger partial charge in [-0.05, 0) is 76.4 Å². The van der Waals surface area contributed by atoms with Crippen molar-refractivity contribution < 1.29 is 9.53 Å². The summed E-state index contributed by atoms with van der Waals surface area (Å²) in [5.41, 5.74) is 5.08. The maximum absolute atomic E-state index is 11.9. The van der Waals surface area contributed by atoms with Gasteiger partial charge in [0.05, 0.1) is 27.5 Å². The van der Waals surface area contributed by atoms with E-state index in [2.05, 4.69) is 52.4 Å². The number of thioether (sulfide) groups is 1. The molecule has 0 unspecified atom stereocenters. The van der Waals surface area contributed by atoms with Crippen molar-refractivity contribution in [2.75, 3.05) is 12.4 Å². The van der Waals surface area contributed by atoms with Crippen LogP contribution in [0.25, 0.3) is 0 Å². The Morgan fingerprint density at radius 3 is 2.42 bits per heavy atom. The summed E-state index contributed by atoms with van der Waals surface area (Å²) in [4.78, 5) is 20.5. The number of hydrazone groups is 1. The molecule has 1 amide bonds. The molecule has 26 heavy (non-hydrogen) atoms. The van der Waals surface area contributed by atoms with Crippen LogP contribution in [0, 0.1) is 13.8 Å². The summed E-state index contributed by atoms with van der Waals surface area (Å²) >= 11 is 8.20. The number of halogens is 2. The van der Waals surface area contributed by atoms with Crippen molar-refractivity contribution in [2.24, 2.45) is 5.10 Å². The minimum absolute atomic E-state index is 0.191. The molecule has 1 aromatic heterocycles. The van der Waals surface area contributed by atoms with Gasteiger partial charge >= 0.3 is 0 Å². The van der Waals surface area contributed by atoms with Gasteiger partial charge in [0, 0.05) is 11.4 Å². The smallest absolute Gasteiger partial charge is 0.250 e. The fourth-order valence-electron chi connectivity index (χ4n) is 2.04. The molecule has 0 aliphatic carbocycles. The highest BCUT2D eigenvalue weighted by atomic mass is 79.9. The molecule has 0 fully saturated rings. The third kappa shape index (κ3) is 6.37. The zero-order valence-electron chi connectivity index (χ0n) is 14.5. The fourth-order valence-corrected chi connectivity index (χ4v) is 4.23. The van der Waals surface area contributed by atoms with Crippen LogP contribution in [0.5, 0.6) is 5.75 Å². The lowest BCUT2D eigenvalue weighted by Crippen LogP contribution is -2.19. The number of aryl methyl sites for hydroxylation is 2. The number of carbonyl (C=O) groups excluding carboxylic acids is 1. The van der Waals surface area contributed by atoms with Gasteiger partial charge in [0.25, 0.3) is 5.91 Å². The minimum Gasteiger partial charge on any atom is -0.492 e. The second kappa shape index (κ2) is 10.0. The number of benzene rings is 1. The largest absolute Gasteiger partial charge is 0.492 e. The van der Waals surface area contributed by atoms with Gasteiger partial charge in [0.1, 0.15) is 5.75 Å². The number of amides is 1. The molecule has 0 aliphatic heterocycles. The van der Waals surface area contributed by atoms with Crippen molar-refractivity contribution in [3.8, 4) is 5.75 Å². The number of hydrogen-bond donors (Lipinski definition) is 1. The molecule has 2 rings (SSSR count). The fraction of sp³-hybridized carbons (Fsp3) is 0.294. The van der Waals surface area contributed by atoms with Crippen LogP contribution in [-0.2, 0) is 4.79 Å². The Labute approximate surface area is 173 Å². The Morgan fingerprint density at radius 1 is 1.23 bits per heavy atom. The number of aromatic nitrogens is 2. The Bertz CT molecular complexity index is 787. The van der Waals surface area contributed by atoms with E-state index in [1.54, 1.807) is 6.21 Å². The highest BCUT2D eigenvalue weighted by Crippen LogP contribution is 2.34. The van der Waals surface area contributed by atoms with Crippen LogP contribution < -0.4 is 10.2 Å². The predicted octanol–water partition coefficient (Wildman–Crippen LogP) is 4.26. The van der Waals surface area contributed by atoms with Crippen LogP contribution in [-0.4, -0.2) is 34.4 Å². The summed E-state index contributed by atoms with van der Waals surface area (Å²) in [5.74, 6) is 0.702. The first-order chi connectivity index (χ1) is 12.4. The third-order valence-corrected chi connectivity index (χ3v) is 5.03. The Hall–Kier alpha value is -1.45. The summed E-state index contributed by atoms with van der Waals surface area (Å²) in [6, 6.07) is 5.62. The molecule has 6 nitrogen and oxygen atoms in total. The summed E-state index contributed by atoms with van der Waals surface area (Å²) in [5, 5.41) is 4.57. The lowest BCUT2D eigenvalue weighted by molar-refractivity contribution is -0.118. The summed E-state index contributed by atoms with van der Waals surface area (Å²) in [6.45, 7) is 6.29. The molecule has 0 aliphatic rings. The van der Waals surface area contributed by atoms with Crippen LogP contribution in [0.2, 0.25) is 0 Å². The van der Waals surface area contributed by atoms with E-state index in [0.29, 0.717) is 11.8 Å². The van der Waals surface area contributed by atoms with Crippen LogP contribution >= 0.6 is 43.6 Å². The molecule has 1 heterocycles. The van der Waals surface area contributed by atoms with E-state index in [-0.39, 0.29) is 11.7 Å². The molecule has 0 saturated carbocycles. The van der Waals surface area contributed by atoms with E-state index in [0.717, 1.165) is 31.6 Å². The second-order valence-electron chi connectivity index (χ2n) is 5.26. The van der Waals surface area contributed by atoms with Crippen molar-refractivity contribution >= 4 is 55.7 Å². The van der Waals surface area contributed by atoms with Gasteiger partial charge < -0.3 is 4.74 Å². The molecule has 1 aromatic carbocycles. The van der Waals surface area contributed by atoms with Gasteiger partial charge in [0.15, 0.2) is 5.16 Å². The molecule has 1 N–H and O–H groups in total. The number of nitrogens with one attached hydrogen (secondary N) is 1. The zero-order valence-corrected chi connectivity index (χ0v) is 18.5. The SMILES string of the molecule is CCOc1c(Br)cc(/C=N\NC(=O)CSc2nc(C)cc(C)n2)cc1Br. The number of carbonyl (C=O) groups is 1. The van der Waals surface area contributed by atoms with Crippen molar-refractivity contribution in [3.05, 3.63) is 44.1 Å². The maximum Gasteiger partial charge on any atom is 0.250 e. The van der Waals surface area contributed by atoms with Crippen LogP contribution in [0.4, 0.5) is 0 Å². The molecule has 0 spiro atoms. The number of nitrogens with zero attached hydrogens (tertiary/aromatic N) is 3. The summed E-state index contributed by atoms with van der Waals surface area (Å²) < 4.78 is 7.15. The number of hydrogen-bond acceptors (Lipinski definition) is 6. The quantitative estimate of drug-likeness (QED) is 0.265. The Morgan fingerprint density at radius 2 is 1.85 bits per heavy atom. The molecular weight excluding hydrogens is 484 g/mol. The average Bonchev–Trinajstić information content (AvgIpc) is 2.55. The van der Waals surface area contributed by atoms with Crippen LogP contribution in [0.3, 0.4) is 0 Å². The standard InChI is InChI=1S/C17H18Br2N4O2S/c1-4-25-16-13(18)6-12(7-14(16)19)8-20-23-15(24)9-26-17-21-10(2)5-11(3)22-17/h5-8H,4,9H2,1-3H3,(H,23,24)/b20-8-. The summed E-state index contributed by atoms with van der Waals surface area (Å²) in [6.07, 6.45) is 1.57. The van der Waals surface area contributed by atoms with E-state index in [1.807, 2.05) is 39.0 Å². The normalized spacial score (nSPS) is 11.0. The second-order valence-corrected chi connectivity index (χ2v) is 7.91. The monoisotopic (exact) mass is 500 g/mol. The third-order valence-electron chi connectivity index (χ3n) is 3.01. The molecule has 9 heteroatoms. The molecule has 138 valence electrons. The van der Waals surface area contributed by atoms with E-state index < -0.39 is 0 Å². The van der Waals surface area contributed by atoms with E-state index in [1.165, 1.54) is 11.8 Å². The van der Waals surface area contributed by atoms with Gasteiger partial charge in [-0.25, -0.2) is 15.4 Å². The first-order valence-electron chi connectivity index (χ1n) is 7.78. The van der Waals surface area contributed by atoms with E-state index >= 15 is 0 Å². The Kier molecular flexibility index (Phi) is 8.05. The summed E-state index contributed by atoms with van der Waals surface area (Å²) in [7, 11) is 0. The topological polar surface area (TPSA) is 76.5 Å². The Balaban J connectivity index is 1.90. The highest BCUT2D eigenvalue weighted by Gasteiger charge is 2.08. The molecule has 0 radical (unpaired) electrons. The van der Waals surface area contributed by atoms with Crippen molar-refractivity contribution in [1.82, 2.24) is 15.4 Å². The zero-order chi connectivity index (χ0) is 19.1. The van der Waals surface area contributed by atoms with Gasteiger partial charge in [-0.2, -0.15) is 5.10 Å². The number of ether oxygens (including phenoxy) is 1. The highest BCUT2D eigenvalue weighted by molar-refractivity contribution is 9.11. The van der Waals surface area contributed by atoms with Crippen molar-refractivity contribution in [2.45, 2.75) is 25.9 Å². The molecular formula is C17H18Br2N4O2S. The molecule has 0 saturated heterocycles. The average molecular weight is 502 g/mol. The van der Waals surface area contributed by atoms with Crippen LogP contribution in [0.15, 0.2) is 37.4 Å². The minimum atomic E-state index is -0.224. The molecule has 2 aromatic rings. The lowest BCUT2D eigenvalue weighted by Gasteiger charge is -2.09. The first kappa shape index (κ1) is 20.9. The van der Waals surface area contributed by atoms with Crippen molar-refractivity contribution in [1.29, 1.82) is 0 Å². The number of rotatable bonds is 7. The predicted molar refractivity (Wildman–Crippen MR) is 111 cm³/mol. The van der Waals surface area contributed by atoms with Gasteiger partial charge in [-0.15, -0.1) is 0 Å². The van der Waals surface area contributed by atoms with E-state index in [4.69, 9.17) is 4.74 Å². The van der Waals surface area contributed by atoms with Crippen LogP contribution in [0.1, 0.15) is 23.9 Å². The van der Waals surface area contributed by atoms with Gasteiger partial charge in [-0.3, -0.25) is 4.79 Å².